The molecule has 0 atom stereocenters. The van der Waals surface area contributed by atoms with Gasteiger partial charge in [-0.1, -0.05) is 6.07 Å². The molecule has 0 aliphatic carbocycles. The molecule has 9 nitrogen and oxygen atoms in total. The zero-order chi connectivity index (χ0) is 22.8. The molecule has 2 N–H and O–H groups in total. The highest BCUT2D eigenvalue weighted by atomic mass is 79.9. The number of aryl methyl sites for hydroxylation is 1. The normalized spacial score (nSPS) is 10.8. The van der Waals surface area contributed by atoms with Crippen LogP contribution in [0.3, 0.4) is 0 Å². The van der Waals surface area contributed by atoms with Crippen molar-refractivity contribution in [2.24, 2.45) is 7.05 Å². The first kappa shape index (κ1) is 21.3. The van der Waals surface area contributed by atoms with E-state index in [2.05, 4.69) is 41.6 Å². The highest BCUT2D eigenvalue weighted by molar-refractivity contribution is 9.10. The fraction of sp³-hybridized carbons (Fsp3) is 0.0500. The molecule has 0 amide bonds. The summed E-state index contributed by atoms with van der Waals surface area (Å²) in [7, 11) is 1.75. The second-order valence-corrected chi connectivity index (χ2v) is 7.51. The van der Waals surface area contributed by atoms with E-state index in [4.69, 9.17) is 0 Å². The Morgan fingerprint density at radius 1 is 1.09 bits per heavy atom. The van der Waals surface area contributed by atoms with Crippen LogP contribution in [-0.4, -0.2) is 24.7 Å². The quantitative estimate of drug-likeness (QED) is 0.272. The lowest BCUT2D eigenvalue weighted by atomic mass is 10.1. The van der Waals surface area contributed by atoms with Gasteiger partial charge in [-0.15, -0.1) is 0 Å². The number of aromatic nitrogens is 4. The SMILES string of the molecule is Cn1cc(Nc2ncc(-c3ccc(Br)c(F)c3)c(Nc3cc([N+](=O)[O-])ccc3F)n2)cn1. The fourth-order valence-electron chi connectivity index (χ4n) is 2.88. The number of benzene rings is 2. The van der Waals surface area contributed by atoms with Gasteiger partial charge in [-0.05, 0) is 39.7 Å². The smallest absolute Gasteiger partial charge is 0.271 e. The van der Waals surface area contributed by atoms with Crippen LogP contribution in [0, 0.1) is 21.7 Å². The van der Waals surface area contributed by atoms with E-state index >= 15 is 0 Å². The number of non-ortho nitro benzene ring substituents is 1. The Hall–Kier alpha value is -3.93. The van der Waals surface area contributed by atoms with Crippen molar-refractivity contribution in [1.29, 1.82) is 0 Å². The van der Waals surface area contributed by atoms with Crippen LogP contribution < -0.4 is 10.6 Å². The topological polar surface area (TPSA) is 111 Å². The van der Waals surface area contributed by atoms with E-state index in [0.717, 1.165) is 18.2 Å². The Labute approximate surface area is 188 Å². The summed E-state index contributed by atoms with van der Waals surface area (Å²) in [4.78, 5) is 19.1. The minimum atomic E-state index is -0.719. The number of anilines is 4. The molecule has 4 rings (SSSR count). The molecule has 0 aliphatic rings. The van der Waals surface area contributed by atoms with Crippen LogP contribution in [0.15, 0.2) is 59.5 Å². The molecular formula is C20H14BrF2N7O2. The van der Waals surface area contributed by atoms with E-state index in [0.29, 0.717) is 16.8 Å². The Bertz CT molecular complexity index is 1330. The van der Waals surface area contributed by atoms with Crippen LogP contribution in [0.5, 0.6) is 0 Å². The molecule has 2 heterocycles. The maximum atomic E-state index is 14.4. The van der Waals surface area contributed by atoms with Crippen LogP contribution in [0.2, 0.25) is 0 Å². The maximum Gasteiger partial charge on any atom is 0.271 e. The van der Waals surface area contributed by atoms with Gasteiger partial charge in [-0.2, -0.15) is 10.1 Å². The summed E-state index contributed by atoms with van der Waals surface area (Å²) in [6.07, 6.45) is 4.70. The van der Waals surface area contributed by atoms with Crippen LogP contribution in [0.1, 0.15) is 0 Å². The molecular weight excluding hydrogens is 488 g/mol. The number of hydrogen-bond donors (Lipinski definition) is 2. The molecule has 0 aliphatic heterocycles. The van der Waals surface area contributed by atoms with Crippen LogP contribution in [-0.2, 0) is 7.05 Å². The summed E-state index contributed by atoms with van der Waals surface area (Å²) in [5, 5.41) is 20.9. The summed E-state index contributed by atoms with van der Waals surface area (Å²) in [6.45, 7) is 0. The van der Waals surface area contributed by atoms with Gasteiger partial charge in [0.2, 0.25) is 5.95 Å². The van der Waals surface area contributed by atoms with Gasteiger partial charge < -0.3 is 10.6 Å². The molecule has 2 aromatic carbocycles. The van der Waals surface area contributed by atoms with E-state index in [1.54, 1.807) is 30.2 Å². The lowest BCUT2D eigenvalue weighted by Gasteiger charge is -2.14. The minimum absolute atomic E-state index is 0.118. The molecule has 0 bridgehead atoms. The zero-order valence-electron chi connectivity index (χ0n) is 16.4. The number of nitro benzene ring substituents is 1. The third kappa shape index (κ3) is 4.54. The fourth-order valence-corrected chi connectivity index (χ4v) is 3.12. The minimum Gasteiger partial charge on any atom is -0.337 e. The molecule has 0 spiro atoms. The Kier molecular flexibility index (Phi) is 5.77. The molecule has 0 saturated heterocycles. The molecule has 2 aromatic heterocycles. The lowest BCUT2D eigenvalue weighted by Crippen LogP contribution is -2.04. The highest BCUT2D eigenvalue weighted by Crippen LogP contribution is 2.33. The highest BCUT2D eigenvalue weighted by Gasteiger charge is 2.16. The summed E-state index contributed by atoms with van der Waals surface area (Å²) >= 11 is 3.10. The van der Waals surface area contributed by atoms with Crippen molar-refractivity contribution in [3.63, 3.8) is 0 Å². The summed E-state index contributed by atoms with van der Waals surface area (Å²) in [5.41, 5.74) is 0.936. The number of rotatable bonds is 6. The van der Waals surface area contributed by atoms with E-state index in [1.807, 2.05) is 0 Å². The molecule has 0 radical (unpaired) electrons. The van der Waals surface area contributed by atoms with Gasteiger partial charge in [0.05, 0.1) is 27.0 Å². The third-order valence-electron chi connectivity index (χ3n) is 4.39. The van der Waals surface area contributed by atoms with Crippen molar-refractivity contribution in [3.8, 4) is 11.1 Å². The van der Waals surface area contributed by atoms with Gasteiger partial charge in [0, 0.05) is 37.1 Å². The van der Waals surface area contributed by atoms with Crippen molar-refractivity contribution in [1.82, 2.24) is 19.7 Å². The van der Waals surface area contributed by atoms with E-state index in [-0.39, 0.29) is 27.6 Å². The standard InChI is InChI=1S/C20H14BrF2N7O2/c1-29-10-12(8-25-29)26-20-24-9-14(11-2-4-15(21)17(23)6-11)19(28-20)27-18-7-13(30(31)32)3-5-16(18)22/h2-10H,1H3,(H2,24,26,27,28). The van der Waals surface area contributed by atoms with Crippen LogP contribution in [0.25, 0.3) is 11.1 Å². The van der Waals surface area contributed by atoms with Crippen molar-refractivity contribution >= 4 is 44.8 Å². The number of hydrogen-bond acceptors (Lipinski definition) is 7. The van der Waals surface area contributed by atoms with Crippen molar-refractivity contribution in [3.05, 3.63) is 81.2 Å². The van der Waals surface area contributed by atoms with Gasteiger partial charge in [-0.25, -0.2) is 13.8 Å². The predicted molar refractivity (Wildman–Crippen MR) is 118 cm³/mol. The second kappa shape index (κ2) is 8.67. The molecule has 0 fully saturated rings. The lowest BCUT2D eigenvalue weighted by molar-refractivity contribution is -0.384. The number of nitrogens with one attached hydrogen (secondary N) is 2. The van der Waals surface area contributed by atoms with Gasteiger partial charge in [0.15, 0.2) is 0 Å². The summed E-state index contributed by atoms with van der Waals surface area (Å²) in [6, 6.07) is 7.51. The van der Waals surface area contributed by atoms with Crippen molar-refractivity contribution < 1.29 is 13.7 Å². The van der Waals surface area contributed by atoms with Gasteiger partial charge in [0.1, 0.15) is 17.5 Å². The second-order valence-electron chi connectivity index (χ2n) is 6.66. The Morgan fingerprint density at radius 3 is 2.59 bits per heavy atom. The Morgan fingerprint density at radius 2 is 1.91 bits per heavy atom. The van der Waals surface area contributed by atoms with E-state index in [9.17, 15) is 18.9 Å². The molecule has 0 saturated carbocycles. The van der Waals surface area contributed by atoms with E-state index < -0.39 is 16.6 Å². The van der Waals surface area contributed by atoms with Crippen molar-refractivity contribution in [2.75, 3.05) is 10.6 Å². The van der Waals surface area contributed by atoms with Crippen LogP contribution in [0.4, 0.5) is 37.6 Å². The third-order valence-corrected chi connectivity index (χ3v) is 5.04. The number of nitrogens with zero attached hydrogens (tertiary/aromatic N) is 5. The number of halogens is 3. The predicted octanol–water partition coefficient (Wildman–Crippen LogP) is 5.31. The first-order chi connectivity index (χ1) is 15.3. The van der Waals surface area contributed by atoms with Crippen LogP contribution >= 0.6 is 15.9 Å². The van der Waals surface area contributed by atoms with E-state index in [1.165, 1.54) is 18.3 Å². The average Bonchev–Trinajstić information content (AvgIpc) is 3.16. The summed E-state index contributed by atoms with van der Waals surface area (Å²) in [5.74, 6) is -0.948. The first-order valence-corrected chi connectivity index (χ1v) is 9.88. The summed E-state index contributed by atoms with van der Waals surface area (Å²) < 4.78 is 30.4. The van der Waals surface area contributed by atoms with Gasteiger partial charge in [0.25, 0.3) is 5.69 Å². The monoisotopic (exact) mass is 501 g/mol. The molecule has 0 unspecified atom stereocenters. The maximum absolute atomic E-state index is 14.4. The molecule has 32 heavy (non-hydrogen) atoms. The van der Waals surface area contributed by atoms with Crippen molar-refractivity contribution in [2.45, 2.75) is 0 Å². The molecule has 12 heteroatoms. The molecule has 4 aromatic rings. The van der Waals surface area contributed by atoms with Gasteiger partial charge in [-0.3, -0.25) is 14.8 Å². The number of nitro groups is 1. The Balaban J connectivity index is 1.79. The average molecular weight is 502 g/mol. The molecule has 162 valence electrons. The van der Waals surface area contributed by atoms with Gasteiger partial charge >= 0.3 is 0 Å². The first-order valence-electron chi connectivity index (χ1n) is 9.09. The largest absolute Gasteiger partial charge is 0.337 e. The zero-order valence-corrected chi connectivity index (χ0v) is 18.0.